The molecule has 22 heavy (non-hydrogen) atoms. The number of hydrogen-bond acceptors (Lipinski definition) is 3. The number of imidazole rings is 1. The van der Waals surface area contributed by atoms with E-state index in [4.69, 9.17) is 10.00 Å². The first kappa shape index (κ1) is 14.2. The number of hydrogen-bond donors (Lipinski definition) is 0. The van der Waals surface area contributed by atoms with Gasteiger partial charge in [-0.3, -0.25) is 4.40 Å². The molecule has 1 atom stereocenters. The van der Waals surface area contributed by atoms with Crippen LogP contribution in [0.5, 0.6) is 5.75 Å². The number of aryl methyl sites for hydroxylation is 1. The molecular weight excluding hydrogens is 274 g/mol. The first-order valence-electron chi connectivity index (χ1n) is 7.26. The molecule has 110 valence electrons. The first-order chi connectivity index (χ1) is 10.7. The number of aromatic nitrogens is 2. The summed E-state index contributed by atoms with van der Waals surface area (Å²) in [4.78, 5) is 4.57. The molecule has 2 aromatic heterocycles. The van der Waals surface area contributed by atoms with Crippen LogP contribution in [0.2, 0.25) is 0 Å². The summed E-state index contributed by atoms with van der Waals surface area (Å²) in [5.74, 6) is 0.728. The van der Waals surface area contributed by atoms with Gasteiger partial charge in [-0.15, -0.1) is 0 Å². The molecule has 0 aliphatic heterocycles. The summed E-state index contributed by atoms with van der Waals surface area (Å²) in [7, 11) is 0. The molecule has 0 amide bonds. The average Bonchev–Trinajstić information content (AvgIpc) is 2.86. The Morgan fingerprint density at radius 2 is 2.00 bits per heavy atom. The van der Waals surface area contributed by atoms with Crippen molar-refractivity contribution < 1.29 is 4.74 Å². The maximum Gasteiger partial charge on any atom is 0.180 e. The van der Waals surface area contributed by atoms with Crippen molar-refractivity contribution in [2.75, 3.05) is 0 Å². The Kier molecular flexibility index (Phi) is 3.80. The fraction of sp³-hybridized carbons (Fsp3) is 0.222. The van der Waals surface area contributed by atoms with Crippen LogP contribution >= 0.6 is 0 Å². The fourth-order valence-corrected chi connectivity index (χ4v) is 2.57. The standard InChI is InChI=1S/C18H17N3O/c1-13-16(10-11-19)21-12-6-9-17(18(21)20-13)22-14(2)15-7-4-3-5-8-15/h3-9,12,14H,10H2,1-2H3. The van der Waals surface area contributed by atoms with Crippen LogP contribution in [0, 0.1) is 18.3 Å². The molecule has 0 bridgehead atoms. The maximum absolute atomic E-state index is 8.96. The van der Waals surface area contributed by atoms with Gasteiger partial charge in [-0.1, -0.05) is 30.3 Å². The van der Waals surface area contributed by atoms with E-state index in [0.717, 1.165) is 28.3 Å². The predicted octanol–water partition coefficient (Wildman–Crippen LogP) is 3.85. The van der Waals surface area contributed by atoms with Gasteiger partial charge >= 0.3 is 0 Å². The predicted molar refractivity (Wildman–Crippen MR) is 84.7 cm³/mol. The number of nitrogens with zero attached hydrogens (tertiary/aromatic N) is 3. The molecule has 1 aromatic carbocycles. The molecule has 4 heteroatoms. The van der Waals surface area contributed by atoms with Gasteiger partial charge in [0.2, 0.25) is 0 Å². The van der Waals surface area contributed by atoms with Gasteiger partial charge in [0.15, 0.2) is 11.4 Å². The van der Waals surface area contributed by atoms with Crippen molar-refractivity contribution in [3.8, 4) is 11.8 Å². The highest BCUT2D eigenvalue weighted by atomic mass is 16.5. The lowest BCUT2D eigenvalue weighted by atomic mass is 10.1. The van der Waals surface area contributed by atoms with Crippen molar-refractivity contribution in [3.05, 3.63) is 65.6 Å². The Morgan fingerprint density at radius 3 is 2.73 bits per heavy atom. The van der Waals surface area contributed by atoms with Crippen LogP contribution in [0.15, 0.2) is 48.7 Å². The van der Waals surface area contributed by atoms with E-state index in [0.29, 0.717) is 6.42 Å². The lowest BCUT2D eigenvalue weighted by molar-refractivity contribution is 0.228. The van der Waals surface area contributed by atoms with Crippen molar-refractivity contribution in [2.45, 2.75) is 26.4 Å². The van der Waals surface area contributed by atoms with Crippen molar-refractivity contribution >= 4 is 5.65 Å². The van der Waals surface area contributed by atoms with E-state index < -0.39 is 0 Å². The second-order valence-corrected chi connectivity index (χ2v) is 5.22. The highest BCUT2D eigenvalue weighted by Gasteiger charge is 2.14. The van der Waals surface area contributed by atoms with Crippen LogP contribution in [-0.2, 0) is 6.42 Å². The minimum absolute atomic E-state index is 0.0659. The Hall–Kier alpha value is -2.80. The number of rotatable bonds is 4. The lowest BCUT2D eigenvalue weighted by Crippen LogP contribution is -2.04. The summed E-state index contributed by atoms with van der Waals surface area (Å²) in [5, 5.41) is 8.96. The lowest BCUT2D eigenvalue weighted by Gasteiger charge is -2.15. The first-order valence-corrected chi connectivity index (χ1v) is 7.26. The summed E-state index contributed by atoms with van der Waals surface area (Å²) >= 11 is 0. The van der Waals surface area contributed by atoms with E-state index in [-0.39, 0.29) is 6.10 Å². The molecular formula is C18H17N3O. The number of pyridine rings is 1. The number of fused-ring (bicyclic) bond motifs is 1. The van der Waals surface area contributed by atoms with E-state index in [1.165, 1.54) is 0 Å². The van der Waals surface area contributed by atoms with Gasteiger partial charge in [0.05, 0.1) is 23.9 Å². The highest BCUT2D eigenvalue weighted by Crippen LogP contribution is 2.27. The minimum Gasteiger partial charge on any atom is -0.482 e. The second kappa shape index (κ2) is 5.90. The largest absolute Gasteiger partial charge is 0.482 e. The molecule has 0 saturated carbocycles. The summed E-state index contributed by atoms with van der Waals surface area (Å²) < 4.78 is 8.03. The third-order valence-corrected chi connectivity index (χ3v) is 3.73. The third-order valence-electron chi connectivity index (χ3n) is 3.73. The summed E-state index contributed by atoms with van der Waals surface area (Å²) in [5.41, 5.74) is 3.65. The SMILES string of the molecule is Cc1nc2c(OC(C)c3ccccc3)cccn2c1CC#N. The number of benzene rings is 1. The van der Waals surface area contributed by atoms with Crippen LogP contribution in [0.1, 0.15) is 30.0 Å². The molecule has 0 saturated heterocycles. The van der Waals surface area contributed by atoms with E-state index in [2.05, 4.69) is 11.1 Å². The van der Waals surface area contributed by atoms with Gasteiger partial charge in [-0.25, -0.2) is 4.98 Å². The minimum atomic E-state index is -0.0659. The highest BCUT2D eigenvalue weighted by molar-refractivity contribution is 5.56. The molecule has 4 nitrogen and oxygen atoms in total. The monoisotopic (exact) mass is 291 g/mol. The Morgan fingerprint density at radius 1 is 1.23 bits per heavy atom. The van der Waals surface area contributed by atoms with Gasteiger partial charge in [0.1, 0.15) is 6.10 Å². The normalized spacial score (nSPS) is 12.0. The molecule has 1 unspecified atom stereocenters. The molecule has 0 spiro atoms. The van der Waals surface area contributed by atoms with Crippen LogP contribution in [-0.4, -0.2) is 9.38 Å². The van der Waals surface area contributed by atoms with Crippen molar-refractivity contribution in [2.24, 2.45) is 0 Å². The number of ether oxygens (including phenoxy) is 1. The zero-order valence-corrected chi connectivity index (χ0v) is 12.7. The zero-order chi connectivity index (χ0) is 15.5. The van der Waals surface area contributed by atoms with E-state index in [1.54, 1.807) is 0 Å². The van der Waals surface area contributed by atoms with Crippen molar-refractivity contribution in [1.29, 1.82) is 5.26 Å². The summed E-state index contributed by atoms with van der Waals surface area (Å²) in [6.45, 7) is 3.94. The molecule has 0 radical (unpaired) electrons. The average molecular weight is 291 g/mol. The Labute approximate surface area is 129 Å². The maximum atomic E-state index is 8.96. The fourth-order valence-electron chi connectivity index (χ4n) is 2.57. The zero-order valence-electron chi connectivity index (χ0n) is 12.7. The van der Waals surface area contributed by atoms with E-state index in [9.17, 15) is 0 Å². The van der Waals surface area contributed by atoms with Crippen molar-refractivity contribution in [1.82, 2.24) is 9.38 Å². The van der Waals surface area contributed by atoms with Gasteiger partial charge in [-0.2, -0.15) is 5.26 Å². The molecule has 0 N–H and O–H groups in total. The topological polar surface area (TPSA) is 50.3 Å². The molecule has 0 aliphatic rings. The molecule has 2 heterocycles. The Balaban J connectivity index is 1.98. The summed E-state index contributed by atoms with van der Waals surface area (Å²) in [6.07, 6.45) is 2.19. The van der Waals surface area contributed by atoms with E-state index >= 15 is 0 Å². The van der Waals surface area contributed by atoms with Crippen LogP contribution in [0.25, 0.3) is 5.65 Å². The smallest absolute Gasteiger partial charge is 0.180 e. The van der Waals surface area contributed by atoms with Gasteiger partial charge < -0.3 is 4.74 Å². The van der Waals surface area contributed by atoms with Gasteiger partial charge in [0.25, 0.3) is 0 Å². The van der Waals surface area contributed by atoms with Crippen molar-refractivity contribution in [3.63, 3.8) is 0 Å². The third kappa shape index (κ3) is 2.53. The van der Waals surface area contributed by atoms with Gasteiger partial charge in [0, 0.05) is 6.20 Å². The number of nitriles is 1. The van der Waals surface area contributed by atoms with Gasteiger partial charge in [-0.05, 0) is 31.5 Å². The van der Waals surface area contributed by atoms with Crippen LogP contribution in [0.4, 0.5) is 0 Å². The molecule has 3 aromatic rings. The summed E-state index contributed by atoms with van der Waals surface area (Å²) in [6, 6.07) is 16.1. The molecule has 3 rings (SSSR count). The second-order valence-electron chi connectivity index (χ2n) is 5.22. The quantitative estimate of drug-likeness (QED) is 0.733. The van der Waals surface area contributed by atoms with E-state index in [1.807, 2.05) is 66.9 Å². The molecule has 0 fully saturated rings. The Bertz CT molecular complexity index is 831. The molecule has 0 aliphatic carbocycles. The van der Waals surface area contributed by atoms with Crippen LogP contribution < -0.4 is 4.74 Å². The van der Waals surface area contributed by atoms with Crippen LogP contribution in [0.3, 0.4) is 0 Å².